The van der Waals surface area contributed by atoms with Gasteiger partial charge in [-0.2, -0.15) is 0 Å². The fourth-order valence-electron chi connectivity index (χ4n) is 1.49. The average Bonchev–Trinajstić information content (AvgIpc) is 2.29. The zero-order chi connectivity index (χ0) is 13.7. The van der Waals surface area contributed by atoms with Gasteiger partial charge in [0.25, 0.3) is 0 Å². The molecule has 18 heavy (non-hydrogen) atoms. The van der Waals surface area contributed by atoms with Crippen LogP contribution in [0.15, 0.2) is 18.2 Å². The van der Waals surface area contributed by atoms with E-state index in [1.165, 1.54) is 6.07 Å². The summed E-state index contributed by atoms with van der Waals surface area (Å²) in [6.45, 7) is 4.21. The van der Waals surface area contributed by atoms with Gasteiger partial charge in [0, 0.05) is 27.8 Å². The number of hydrogen-bond acceptors (Lipinski definition) is 3. The summed E-state index contributed by atoms with van der Waals surface area (Å²) in [7, 11) is -0.915. The molecule has 0 bridgehead atoms. The fraction of sp³-hybridized carbons (Fsp3) is 0.462. The van der Waals surface area contributed by atoms with E-state index in [1.807, 2.05) is 0 Å². The van der Waals surface area contributed by atoms with Crippen molar-refractivity contribution in [3.05, 3.63) is 29.3 Å². The third-order valence-electron chi connectivity index (χ3n) is 2.67. The maximum atomic E-state index is 11.9. The minimum absolute atomic E-state index is 0.379. The first-order valence-electron chi connectivity index (χ1n) is 5.93. The monoisotopic (exact) mass is 268 g/mol. The number of nitrogens with two attached hydrogens (primary N) is 2. The number of anilines is 1. The van der Waals surface area contributed by atoms with Gasteiger partial charge in [-0.3, -0.25) is 9.00 Å². The Bertz CT molecular complexity index is 458. The molecule has 4 N–H and O–H groups in total. The van der Waals surface area contributed by atoms with Crippen LogP contribution in [-0.2, 0) is 16.6 Å². The molecule has 1 rings (SSSR count). The number of primary amides is 1. The van der Waals surface area contributed by atoms with Crippen molar-refractivity contribution in [3.63, 3.8) is 0 Å². The van der Waals surface area contributed by atoms with E-state index in [-0.39, 0.29) is 0 Å². The van der Waals surface area contributed by atoms with E-state index in [4.69, 9.17) is 11.5 Å². The van der Waals surface area contributed by atoms with Crippen molar-refractivity contribution in [2.75, 3.05) is 11.5 Å². The van der Waals surface area contributed by atoms with Crippen LogP contribution in [0.2, 0.25) is 0 Å². The second-order valence-electron chi connectivity index (χ2n) is 4.75. The Balaban J connectivity index is 2.68. The van der Waals surface area contributed by atoms with E-state index in [0.29, 0.717) is 28.7 Å². The Labute approximate surface area is 110 Å². The van der Waals surface area contributed by atoms with Crippen LogP contribution in [0.1, 0.15) is 36.2 Å². The highest BCUT2D eigenvalue weighted by Gasteiger charge is 2.08. The first kappa shape index (κ1) is 14.7. The first-order chi connectivity index (χ1) is 8.40. The van der Waals surface area contributed by atoms with E-state index in [9.17, 15) is 9.00 Å². The highest BCUT2D eigenvalue weighted by atomic mass is 32.2. The second-order valence-corrected chi connectivity index (χ2v) is 6.33. The summed E-state index contributed by atoms with van der Waals surface area (Å²) in [5, 5.41) is 0. The highest BCUT2D eigenvalue weighted by Crippen LogP contribution is 2.16. The average molecular weight is 268 g/mol. The van der Waals surface area contributed by atoms with Crippen molar-refractivity contribution in [3.8, 4) is 0 Å². The maximum absolute atomic E-state index is 11.9. The lowest BCUT2D eigenvalue weighted by molar-refractivity contribution is 0.100. The summed E-state index contributed by atoms with van der Waals surface area (Å²) >= 11 is 0. The molecule has 0 aromatic heterocycles. The van der Waals surface area contributed by atoms with Gasteiger partial charge in [-0.05, 0) is 30.0 Å². The number of rotatable bonds is 6. The molecular weight excluding hydrogens is 248 g/mol. The summed E-state index contributed by atoms with van der Waals surface area (Å²) in [5.41, 5.74) is 12.6. The summed E-state index contributed by atoms with van der Waals surface area (Å²) in [5.74, 6) is 1.14. The minimum atomic E-state index is -0.915. The lowest BCUT2D eigenvalue weighted by Gasteiger charge is -2.08. The van der Waals surface area contributed by atoms with Gasteiger partial charge in [-0.1, -0.05) is 19.9 Å². The second kappa shape index (κ2) is 6.54. The van der Waals surface area contributed by atoms with Gasteiger partial charge in [0.1, 0.15) is 0 Å². The molecule has 100 valence electrons. The van der Waals surface area contributed by atoms with Crippen LogP contribution in [0.5, 0.6) is 0 Å². The molecule has 5 heteroatoms. The van der Waals surface area contributed by atoms with Crippen molar-refractivity contribution in [1.29, 1.82) is 0 Å². The predicted octanol–water partition coefficient (Wildman–Crippen LogP) is 1.66. The molecule has 0 aliphatic heterocycles. The first-order valence-corrected chi connectivity index (χ1v) is 7.42. The van der Waals surface area contributed by atoms with Crippen molar-refractivity contribution in [2.45, 2.75) is 26.0 Å². The van der Waals surface area contributed by atoms with Gasteiger partial charge in [0.05, 0.1) is 5.75 Å². The number of nitrogen functional groups attached to an aromatic ring is 1. The number of amides is 1. The van der Waals surface area contributed by atoms with Crippen LogP contribution in [0.25, 0.3) is 0 Å². The van der Waals surface area contributed by atoms with Gasteiger partial charge in [0.15, 0.2) is 0 Å². The van der Waals surface area contributed by atoms with E-state index in [0.717, 1.165) is 12.0 Å². The molecule has 0 saturated carbocycles. The van der Waals surface area contributed by atoms with E-state index < -0.39 is 16.7 Å². The molecular formula is C13H20N2O2S. The van der Waals surface area contributed by atoms with E-state index in [1.54, 1.807) is 12.1 Å². The third kappa shape index (κ3) is 4.49. The van der Waals surface area contributed by atoms with Gasteiger partial charge in [0.2, 0.25) is 5.91 Å². The Kier molecular flexibility index (Phi) is 5.34. The predicted molar refractivity (Wildman–Crippen MR) is 75.5 cm³/mol. The molecule has 1 atom stereocenters. The van der Waals surface area contributed by atoms with Gasteiger partial charge in [-0.15, -0.1) is 0 Å². The molecule has 1 aromatic carbocycles. The molecule has 1 aromatic rings. The molecule has 0 fully saturated rings. The zero-order valence-electron chi connectivity index (χ0n) is 10.8. The number of hydrogen-bond donors (Lipinski definition) is 2. The van der Waals surface area contributed by atoms with Crippen molar-refractivity contribution >= 4 is 22.4 Å². The summed E-state index contributed by atoms with van der Waals surface area (Å²) < 4.78 is 11.9. The van der Waals surface area contributed by atoms with E-state index >= 15 is 0 Å². The highest BCUT2D eigenvalue weighted by molar-refractivity contribution is 7.84. The molecule has 0 aliphatic rings. The van der Waals surface area contributed by atoms with Crippen LogP contribution >= 0.6 is 0 Å². The van der Waals surface area contributed by atoms with Crippen molar-refractivity contribution < 1.29 is 9.00 Å². The molecule has 0 spiro atoms. The molecule has 0 aliphatic carbocycles. The summed E-state index contributed by atoms with van der Waals surface area (Å²) in [6.07, 6.45) is 0.936. The Morgan fingerprint density at radius 2 is 2.06 bits per heavy atom. The molecule has 1 amide bonds. The van der Waals surface area contributed by atoms with Crippen LogP contribution in [0, 0.1) is 5.92 Å². The van der Waals surface area contributed by atoms with Gasteiger partial charge in [-0.25, -0.2) is 0 Å². The molecule has 0 radical (unpaired) electrons. The standard InChI is InChI=1S/C13H20N2O2S/c1-9(2)5-6-18(17)8-11-4-3-10(13(15)16)7-12(11)14/h3-4,7,9H,5-6,8,14H2,1-2H3,(H2,15,16). The third-order valence-corrected chi connectivity index (χ3v) is 3.99. The van der Waals surface area contributed by atoms with Crippen molar-refractivity contribution in [1.82, 2.24) is 0 Å². The molecule has 4 nitrogen and oxygen atoms in total. The van der Waals surface area contributed by atoms with Gasteiger partial charge < -0.3 is 11.5 Å². The van der Waals surface area contributed by atoms with Gasteiger partial charge >= 0.3 is 0 Å². The minimum Gasteiger partial charge on any atom is -0.398 e. The topological polar surface area (TPSA) is 86.2 Å². The Morgan fingerprint density at radius 3 is 2.56 bits per heavy atom. The van der Waals surface area contributed by atoms with Crippen LogP contribution in [-0.4, -0.2) is 15.9 Å². The van der Waals surface area contributed by atoms with Crippen molar-refractivity contribution in [2.24, 2.45) is 11.7 Å². The largest absolute Gasteiger partial charge is 0.398 e. The van der Waals surface area contributed by atoms with E-state index in [2.05, 4.69) is 13.8 Å². The summed E-state index contributed by atoms with van der Waals surface area (Å²) in [4.78, 5) is 11.0. The lowest BCUT2D eigenvalue weighted by atomic mass is 10.1. The zero-order valence-corrected chi connectivity index (χ0v) is 11.6. The SMILES string of the molecule is CC(C)CCS(=O)Cc1ccc(C(N)=O)cc1N. The maximum Gasteiger partial charge on any atom is 0.248 e. The number of carbonyl (C=O) groups excluding carboxylic acids is 1. The van der Waals surface area contributed by atoms with Crippen LogP contribution < -0.4 is 11.5 Å². The quantitative estimate of drug-likeness (QED) is 0.769. The normalized spacial score (nSPS) is 12.6. The Hall–Kier alpha value is -1.36. The number of benzene rings is 1. The smallest absolute Gasteiger partial charge is 0.248 e. The molecule has 0 saturated heterocycles. The van der Waals surface area contributed by atoms with Crippen LogP contribution in [0.4, 0.5) is 5.69 Å². The van der Waals surface area contributed by atoms with Crippen LogP contribution in [0.3, 0.4) is 0 Å². The fourth-order valence-corrected chi connectivity index (χ4v) is 2.98. The Morgan fingerprint density at radius 1 is 1.39 bits per heavy atom. The number of carbonyl (C=O) groups is 1. The molecule has 1 unspecified atom stereocenters. The molecule has 0 heterocycles. The lowest BCUT2D eigenvalue weighted by Crippen LogP contribution is -2.12. The summed E-state index contributed by atoms with van der Waals surface area (Å²) in [6, 6.07) is 4.88.